The average Bonchev–Trinajstić information content (AvgIpc) is 2.36. The lowest BCUT2D eigenvalue weighted by atomic mass is 10.2. The molecule has 1 aromatic carbocycles. The zero-order valence-corrected chi connectivity index (χ0v) is 10.8. The van der Waals surface area contributed by atoms with E-state index in [0.717, 1.165) is 5.56 Å². The quantitative estimate of drug-likeness (QED) is 0.653. The molecule has 2 rings (SSSR count). The van der Waals surface area contributed by atoms with Crippen LogP contribution >= 0.6 is 11.6 Å². The Kier molecular flexibility index (Phi) is 3.82. The number of aromatic amines is 2. The first-order chi connectivity index (χ1) is 9.04. The Hall–Kier alpha value is -2.34. The number of rotatable bonds is 3. The van der Waals surface area contributed by atoms with E-state index in [1.165, 1.54) is 11.1 Å². The van der Waals surface area contributed by atoms with Gasteiger partial charge in [0.15, 0.2) is 0 Å². The van der Waals surface area contributed by atoms with Crippen LogP contribution in [-0.4, -0.2) is 23.2 Å². The molecule has 0 fully saturated rings. The van der Waals surface area contributed by atoms with Gasteiger partial charge in [0, 0.05) is 18.1 Å². The third-order valence-corrected chi connectivity index (χ3v) is 2.60. The second-order valence-corrected chi connectivity index (χ2v) is 4.23. The van der Waals surface area contributed by atoms with E-state index in [1.54, 1.807) is 37.5 Å². The molecule has 0 radical (unpaired) electrons. The maximum atomic E-state index is 11.2. The summed E-state index contributed by atoms with van der Waals surface area (Å²) in [6.45, 7) is 0. The zero-order valence-electron chi connectivity index (χ0n) is 10.1. The number of H-pyrrole nitrogens is 2. The molecule has 0 spiro atoms. The van der Waals surface area contributed by atoms with Crippen LogP contribution < -0.4 is 16.3 Å². The lowest BCUT2D eigenvalue weighted by Crippen LogP contribution is -2.25. The number of nitrogens with zero attached hydrogens (tertiary/aromatic N) is 2. The summed E-state index contributed by atoms with van der Waals surface area (Å²) in [5.74, 6) is 0.305. The highest BCUT2D eigenvalue weighted by Gasteiger charge is 2.00. The maximum absolute atomic E-state index is 11.2. The molecule has 0 amide bonds. The van der Waals surface area contributed by atoms with Crippen molar-refractivity contribution in [2.75, 3.05) is 12.1 Å². The molecule has 0 saturated carbocycles. The molecule has 0 atom stereocenters. The summed E-state index contributed by atoms with van der Waals surface area (Å²) in [5.41, 5.74) is -0.202. The van der Waals surface area contributed by atoms with Crippen LogP contribution in [0.4, 0.5) is 5.82 Å². The fraction of sp³-hybridized carbons (Fsp3) is 0.0833. The Morgan fingerprint density at radius 2 is 1.89 bits per heavy atom. The van der Waals surface area contributed by atoms with Crippen LogP contribution in [0.5, 0.6) is 0 Å². The minimum atomic E-state index is -0.573. The Balaban J connectivity index is 2.20. The van der Waals surface area contributed by atoms with Crippen molar-refractivity contribution in [2.24, 2.45) is 5.10 Å². The molecule has 19 heavy (non-hydrogen) atoms. The molecule has 0 unspecified atom stereocenters. The van der Waals surface area contributed by atoms with Gasteiger partial charge in [0.2, 0.25) is 0 Å². The molecule has 2 aromatic rings. The first-order valence-corrected chi connectivity index (χ1v) is 5.79. The van der Waals surface area contributed by atoms with E-state index in [-0.39, 0.29) is 0 Å². The largest absolute Gasteiger partial charge is 0.327 e. The van der Waals surface area contributed by atoms with Crippen LogP contribution in [0.25, 0.3) is 0 Å². The van der Waals surface area contributed by atoms with Crippen molar-refractivity contribution in [3.05, 3.63) is 61.8 Å². The minimum absolute atomic E-state index is 0.305. The van der Waals surface area contributed by atoms with Gasteiger partial charge in [0.25, 0.3) is 5.56 Å². The van der Waals surface area contributed by atoms with Crippen LogP contribution in [0.3, 0.4) is 0 Å². The number of nitrogens with one attached hydrogen (secondary N) is 2. The van der Waals surface area contributed by atoms with Crippen molar-refractivity contribution < 1.29 is 0 Å². The number of hydrogen-bond donors (Lipinski definition) is 2. The number of hydrazone groups is 1. The van der Waals surface area contributed by atoms with Crippen molar-refractivity contribution in [1.29, 1.82) is 0 Å². The Morgan fingerprint density at radius 3 is 2.53 bits per heavy atom. The first-order valence-electron chi connectivity index (χ1n) is 5.41. The standard InChI is InChI=1S/C12H11ClN4O2/c1-17(10-6-11(18)16-12(19)15-10)14-7-8-2-4-9(13)5-3-8/h2-7H,1H3,(H2,15,16,18,19)/b14-7+. The molecule has 98 valence electrons. The summed E-state index contributed by atoms with van der Waals surface area (Å²) in [5, 5.41) is 6.16. The molecule has 7 heteroatoms. The van der Waals surface area contributed by atoms with Gasteiger partial charge in [-0.25, -0.2) is 4.79 Å². The van der Waals surface area contributed by atoms with Gasteiger partial charge in [0.1, 0.15) is 5.82 Å². The van der Waals surface area contributed by atoms with Gasteiger partial charge in [-0.2, -0.15) is 5.10 Å². The highest BCUT2D eigenvalue weighted by molar-refractivity contribution is 6.30. The van der Waals surface area contributed by atoms with Crippen LogP contribution in [0, 0.1) is 0 Å². The number of benzene rings is 1. The van der Waals surface area contributed by atoms with Crippen LogP contribution in [0.15, 0.2) is 45.0 Å². The maximum Gasteiger partial charge on any atom is 0.327 e. The van der Waals surface area contributed by atoms with Crippen molar-refractivity contribution in [1.82, 2.24) is 9.97 Å². The molecule has 6 nitrogen and oxygen atoms in total. The first kappa shape index (κ1) is 13.1. The highest BCUT2D eigenvalue weighted by atomic mass is 35.5. The molecule has 2 N–H and O–H groups in total. The van der Waals surface area contributed by atoms with E-state index in [0.29, 0.717) is 10.8 Å². The number of hydrogen-bond acceptors (Lipinski definition) is 4. The van der Waals surface area contributed by atoms with Gasteiger partial charge in [-0.1, -0.05) is 23.7 Å². The van der Waals surface area contributed by atoms with Gasteiger partial charge in [-0.3, -0.25) is 19.8 Å². The molecule has 1 aromatic heterocycles. The third-order valence-electron chi connectivity index (χ3n) is 2.34. The summed E-state index contributed by atoms with van der Waals surface area (Å²) in [6, 6.07) is 8.36. The van der Waals surface area contributed by atoms with Crippen LogP contribution in [0.2, 0.25) is 5.02 Å². The van der Waals surface area contributed by atoms with E-state index in [9.17, 15) is 9.59 Å². The summed E-state index contributed by atoms with van der Waals surface area (Å²) in [6.07, 6.45) is 1.59. The predicted octanol–water partition coefficient (Wildman–Crippen LogP) is 1.19. The summed E-state index contributed by atoms with van der Waals surface area (Å²) < 4.78 is 0. The lowest BCUT2D eigenvalue weighted by Gasteiger charge is -2.10. The SMILES string of the molecule is CN(/N=C/c1ccc(Cl)cc1)c1cc(=O)[nH]c(=O)[nH]1. The third kappa shape index (κ3) is 3.56. The van der Waals surface area contributed by atoms with Crippen molar-refractivity contribution in [3.8, 4) is 0 Å². The summed E-state index contributed by atoms with van der Waals surface area (Å²) >= 11 is 5.77. The van der Waals surface area contributed by atoms with E-state index in [4.69, 9.17) is 11.6 Å². The topological polar surface area (TPSA) is 81.3 Å². The Morgan fingerprint density at radius 1 is 1.21 bits per heavy atom. The normalized spacial score (nSPS) is 10.8. The summed E-state index contributed by atoms with van der Waals surface area (Å²) in [7, 11) is 1.62. The predicted molar refractivity (Wildman–Crippen MR) is 75.1 cm³/mol. The monoisotopic (exact) mass is 278 g/mol. The Bertz CT molecular complexity index is 674. The fourth-order valence-electron chi connectivity index (χ4n) is 1.39. The molecule has 0 aliphatic carbocycles. The molecule has 1 heterocycles. The van der Waals surface area contributed by atoms with E-state index < -0.39 is 11.2 Å². The number of aromatic nitrogens is 2. The van der Waals surface area contributed by atoms with Gasteiger partial charge in [-0.15, -0.1) is 0 Å². The van der Waals surface area contributed by atoms with Gasteiger partial charge < -0.3 is 0 Å². The number of anilines is 1. The van der Waals surface area contributed by atoms with Crippen molar-refractivity contribution >= 4 is 23.6 Å². The average molecular weight is 279 g/mol. The van der Waals surface area contributed by atoms with Gasteiger partial charge in [-0.05, 0) is 17.7 Å². The molecule has 0 saturated heterocycles. The van der Waals surface area contributed by atoms with Crippen molar-refractivity contribution in [3.63, 3.8) is 0 Å². The van der Waals surface area contributed by atoms with Crippen molar-refractivity contribution in [2.45, 2.75) is 0 Å². The Labute approximate surface area is 113 Å². The number of halogens is 1. The van der Waals surface area contributed by atoms with Crippen LogP contribution in [-0.2, 0) is 0 Å². The van der Waals surface area contributed by atoms with E-state index in [2.05, 4.69) is 15.1 Å². The van der Waals surface area contributed by atoms with Gasteiger partial charge >= 0.3 is 5.69 Å². The molecule has 0 aliphatic heterocycles. The molecular formula is C12H11ClN4O2. The second kappa shape index (κ2) is 5.53. The highest BCUT2D eigenvalue weighted by Crippen LogP contribution is 2.08. The molecule has 0 bridgehead atoms. The van der Waals surface area contributed by atoms with Crippen LogP contribution in [0.1, 0.15) is 5.56 Å². The smallest absolute Gasteiger partial charge is 0.292 e. The second-order valence-electron chi connectivity index (χ2n) is 3.79. The molecule has 0 aliphatic rings. The fourth-order valence-corrected chi connectivity index (χ4v) is 1.52. The minimum Gasteiger partial charge on any atom is -0.292 e. The van der Waals surface area contributed by atoms with E-state index in [1.807, 2.05) is 0 Å². The van der Waals surface area contributed by atoms with Gasteiger partial charge in [0.05, 0.1) is 6.21 Å². The van der Waals surface area contributed by atoms with E-state index >= 15 is 0 Å². The zero-order chi connectivity index (χ0) is 13.8. The molecular weight excluding hydrogens is 268 g/mol. The lowest BCUT2D eigenvalue weighted by molar-refractivity contribution is 0.933. The summed E-state index contributed by atoms with van der Waals surface area (Å²) in [4.78, 5) is 26.8.